The summed E-state index contributed by atoms with van der Waals surface area (Å²) >= 11 is 0. The van der Waals surface area contributed by atoms with Crippen LogP contribution < -0.4 is 0 Å². The minimum absolute atomic E-state index is 0.154. The second-order valence-electron chi connectivity index (χ2n) is 11.2. The number of alkyl halides is 3. The number of piperidine rings is 1. The Balaban J connectivity index is 1.20. The van der Waals surface area contributed by atoms with Crippen LogP contribution in [0.25, 0.3) is 27.8 Å². The number of ether oxygens (including phenoxy) is 1. The Morgan fingerprint density at radius 1 is 0.976 bits per heavy atom. The maximum absolute atomic E-state index is 13.3. The van der Waals surface area contributed by atoms with Crippen LogP contribution in [0.2, 0.25) is 0 Å². The number of fused-ring (bicyclic) bond motifs is 2. The first-order valence-electron chi connectivity index (χ1n) is 13.3. The van der Waals surface area contributed by atoms with E-state index in [-0.39, 0.29) is 18.7 Å². The van der Waals surface area contributed by atoms with Crippen molar-refractivity contribution in [3.63, 3.8) is 0 Å². The van der Waals surface area contributed by atoms with Crippen LogP contribution in [0.3, 0.4) is 0 Å². The zero-order valence-electron chi connectivity index (χ0n) is 22.8. The molecule has 41 heavy (non-hydrogen) atoms. The Kier molecular flexibility index (Phi) is 6.46. The first-order valence-corrected chi connectivity index (χ1v) is 13.3. The van der Waals surface area contributed by atoms with Gasteiger partial charge in [-0.3, -0.25) is 14.3 Å². The van der Waals surface area contributed by atoms with E-state index in [9.17, 15) is 18.0 Å². The van der Waals surface area contributed by atoms with Gasteiger partial charge in [0.05, 0.1) is 48.0 Å². The molecule has 0 bridgehead atoms. The van der Waals surface area contributed by atoms with Gasteiger partial charge < -0.3 is 14.0 Å². The fraction of sp³-hybridized carbons (Fsp3) is 0.393. The van der Waals surface area contributed by atoms with E-state index in [4.69, 9.17) is 4.74 Å². The molecular formula is C28H29F3N8O2. The van der Waals surface area contributed by atoms with Crippen molar-refractivity contribution in [1.82, 2.24) is 38.8 Å². The molecule has 1 amide bonds. The van der Waals surface area contributed by atoms with Gasteiger partial charge in [-0.2, -0.15) is 23.4 Å². The fourth-order valence-electron chi connectivity index (χ4n) is 5.04. The normalized spacial score (nSPS) is 15.2. The van der Waals surface area contributed by atoms with Crippen LogP contribution in [-0.2, 0) is 17.5 Å². The number of hydrogen-bond donors (Lipinski definition) is 0. The Labute approximate surface area is 233 Å². The van der Waals surface area contributed by atoms with Gasteiger partial charge in [-0.25, -0.2) is 9.78 Å². The summed E-state index contributed by atoms with van der Waals surface area (Å²) in [5, 5.41) is 9.02. The number of rotatable bonds is 4. The maximum Gasteiger partial charge on any atom is 0.417 e. The average molecular weight is 567 g/mol. The van der Waals surface area contributed by atoms with Gasteiger partial charge in [0.25, 0.3) is 0 Å². The molecule has 1 aliphatic rings. The molecular weight excluding hydrogens is 537 g/mol. The van der Waals surface area contributed by atoms with Gasteiger partial charge in [0.15, 0.2) is 0 Å². The van der Waals surface area contributed by atoms with Gasteiger partial charge in [0.2, 0.25) is 0 Å². The third-order valence-corrected chi connectivity index (χ3v) is 7.14. The molecule has 6 heterocycles. The van der Waals surface area contributed by atoms with Gasteiger partial charge in [-0.15, -0.1) is 0 Å². The van der Waals surface area contributed by atoms with E-state index in [1.165, 1.54) is 10.5 Å². The molecule has 0 atom stereocenters. The van der Waals surface area contributed by atoms with E-state index in [0.717, 1.165) is 41.7 Å². The van der Waals surface area contributed by atoms with Crippen LogP contribution in [0.15, 0.2) is 55.4 Å². The molecule has 0 spiro atoms. The van der Waals surface area contributed by atoms with Crippen LogP contribution in [0, 0.1) is 0 Å². The minimum Gasteiger partial charge on any atom is -0.444 e. The van der Waals surface area contributed by atoms with Crippen molar-refractivity contribution in [2.45, 2.75) is 58.0 Å². The molecule has 214 valence electrons. The summed E-state index contributed by atoms with van der Waals surface area (Å²) in [6.45, 7) is 6.97. The Hall–Kier alpha value is -4.42. The number of pyridine rings is 2. The largest absolute Gasteiger partial charge is 0.444 e. The zero-order valence-corrected chi connectivity index (χ0v) is 22.8. The summed E-state index contributed by atoms with van der Waals surface area (Å²) in [6.07, 6.45) is 6.53. The van der Waals surface area contributed by atoms with Crippen molar-refractivity contribution < 1.29 is 22.7 Å². The summed E-state index contributed by atoms with van der Waals surface area (Å²) < 4.78 is 50.4. The Morgan fingerprint density at radius 3 is 2.49 bits per heavy atom. The van der Waals surface area contributed by atoms with Gasteiger partial charge in [-0.05, 0) is 51.8 Å². The molecule has 1 aliphatic heterocycles. The van der Waals surface area contributed by atoms with Crippen LogP contribution in [-0.4, -0.2) is 63.6 Å². The first kappa shape index (κ1) is 26.8. The van der Waals surface area contributed by atoms with Crippen LogP contribution in [0.5, 0.6) is 0 Å². The molecule has 5 aromatic rings. The molecule has 0 unspecified atom stereocenters. The second-order valence-corrected chi connectivity index (χ2v) is 11.2. The quantitative estimate of drug-likeness (QED) is 0.282. The smallest absolute Gasteiger partial charge is 0.417 e. The summed E-state index contributed by atoms with van der Waals surface area (Å²) in [7, 11) is 0. The number of carbonyl (C=O) groups excluding carboxylic acids is 1. The van der Waals surface area contributed by atoms with E-state index >= 15 is 0 Å². The van der Waals surface area contributed by atoms with Crippen molar-refractivity contribution in [3.05, 3.63) is 66.6 Å². The zero-order chi connectivity index (χ0) is 28.9. The summed E-state index contributed by atoms with van der Waals surface area (Å²) in [4.78, 5) is 22.9. The van der Waals surface area contributed by atoms with Crippen molar-refractivity contribution in [3.8, 4) is 11.1 Å². The monoisotopic (exact) mass is 566 g/mol. The molecule has 0 aliphatic carbocycles. The van der Waals surface area contributed by atoms with Crippen molar-refractivity contribution in [1.29, 1.82) is 0 Å². The lowest BCUT2D eigenvalue weighted by molar-refractivity contribution is -0.137. The summed E-state index contributed by atoms with van der Waals surface area (Å²) in [6, 6.07) is 4.48. The number of halogens is 3. The van der Waals surface area contributed by atoms with Crippen LogP contribution in [0.4, 0.5) is 18.0 Å². The number of imidazole rings is 1. The third-order valence-electron chi connectivity index (χ3n) is 7.14. The molecule has 0 aromatic carbocycles. The number of likely N-dealkylation sites (tertiary alicyclic amines) is 1. The first-order chi connectivity index (χ1) is 19.4. The van der Waals surface area contributed by atoms with Gasteiger partial charge in [0.1, 0.15) is 16.8 Å². The highest BCUT2D eigenvalue weighted by atomic mass is 19.4. The highest BCUT2D eigenvalue weighted by Crippen LogP contribution is 2.30. The molecule has 0 N–H and O–H groups in total. The lowest BCUT2D eigenvalue weighted by Crippen LogP contribution is -2.42. The molecule has 0 radical (unpaired) electrons. The van der Waals surface area contributed by atoms with Gasteiger partial charge >= 0.3 is 12.3 Å². The molecule has 10 nitrogen and oxygen atoms in total. The van der Waals surface area contributed by atoms with Crippen molar-refractivity contribution in [2.24, 2.45) is 0 Å². The standard InChI is InChI=1S/C28H29F3N8O2/c1-27(2,3)41-26(40)36-8-6-21(7-9-36)38-15-19(12-34-38)18-10-24-23(32-11-18)14-35-39(24)17-22-13-33-25-5-4-20(16-37(22)25)28(29,30)31/h4-5,10-16,21H,6-9,17H2,1-3H3. The maximum atomic E-state index is 13.3. The highest BCUT2D eigenvalue weighted by molar-refractivity contribution is 5.80. The van der Waals surface area contributed by atoms with Crippen molar-refractivity contribution in [2.75, 3.05) is 13.1 Å². The predicted octanol–water partition coefficient (Wildman–Crippen LogP) is 5.58. The number of nitrogens with zero attached hydrogens (tertiary/aromatic N) is 8. The summed E-state index contributed by atoms with van der Waals surface area (Å²) in [5.74, 6) is 0. The average Bonchev–Trinajstić information content (AvgIpc) is 3.66. The highest BCUT2D eigenvalue weighted by Gasteiger charge is 2.31. The van der Waals surface area contributed by atoms with E-state index in [1.807, 2.05) is 37.7 Å². The second kappa shape index (κ2) is 9.89. The van der Waals surface area contributed by atoms with E-state index < -0.39 is 17.3 Å². The third kappa shape index (κ3) is 5.48. The predicted molar refractivity (Wildman–Crippen MR) is 144 cm³/mol. The van der Waals surface area contributed by atoms with Crippen LogP contribution in [0.1, 0.15) is 50.9 Å². The van der Waals surface area contributed by atoms with E-state index in [1.54, 1.807) is 34.4 Å². The lowest BCUT2D eigenvalue weighted by Gasteiger charge is -2.33. The molecule has 1 fully saturated rings. The lowest BCUT2D eigenvalue weighted by atomic mass is 10.1. The number of aromatic nitrogens is 7. The summed E-state index contributed by atoms with van der Waals surface area (Å²) in [5.41, 5.74) is 2.84. The number of carbonyl (C=O) groups is 1. The topological polar surface area (TPSA) is 95.4 Å². The van der Waals surface area contributed by atoms with E-state index in [2.05, 4.69) is 20.2 Å². The van der Waals surface area contributed by atoms with Gasteiger partial charge in [0, 0.05) is 42.8 Å². The minimum atomic E-state index is -4.45. The SMILES string of the molecule is CC(C)(C)OC(=O)N1CCC(n2cc(-c3cnc4cnn(Cc5cnc6ccc(C(F)(F)F)cn56)c4c3)cn2)CC1. The van der Waals surface area contributed by atoms with E-state index in [0.29, 0.717) is 29.9 Å². The molecule has 0 saturated carbocycles. The molecule has 5 aromatic heterocycles. The molecule has 1 saturated heterocycles. The Bertz CT molecular complexity index is 1720. The van der Waals surface area contributed by atoms with Crippen molar-refractivity contribution >= 4 is 22.8 Å². The number of hydrogen-bond acceptors (Lipinski definition) is 6. The Morgan fingerprint density at radius 2 is 1.76 bits per heavy atom. The fourth-order valence-corrected chi connectivity index (χ4v) is 5.04. The molecule has 13 heteroatoms. The van der Waals surface area contributed by atoms with Gasteiger partial charge in [-0.1, -0.05) is 0 Å². The van der Waals surface area contributed by atoms with Crippen LogP contribution >= 0.6 is 0 Å². The molecule has 6 rings (SSSR count). The number of amides is 1.